The molecule has 3 aromatic rings. The highest BCUT2D eigenvalue weighted by molar-refractivity contribution is 6.33. The lowest BCUT2D eigenvalue weighted by Gasteiger charge is -2.10. The number of anilines is 1. The van der Waals surface area contributed by atoms with Crippen LogP contribution in [0, 0.1) is 18.7 Å². The number of amides is 2. The number of nitrogens with one attached hydrogen (secondary N) is 2. The molecule has 6 nitrogen and oxygen atoms in total. The van der Waals surface area contributed by atoms with E-state index in [2.05, 4.69) is 15.7 Å². The van der Waals surface area contributed by atoms with Gasteiger partial charge in [0.2, 0.25) is 5.91 Å². The Hall–Kier alpha value is -3.19. The van der Waals surface area contributed by atoms with Gasteiger partial charge in [-0.15, -0.1) is 0 Å². The molecule has 8 heteroatoms. The third kappa shape index (κ3) is 4.86. The largest absolute Gasteiger partial charge is 0.348 e. The molecule has 0 atom stereocenters. The predicted octanol–water partition coefficient (Wildman–Crippen LogP) is 4.50. The van der Waals surface area contributed by atoms with E-state index < -0.39 is 0 Å². The minimum absolute atomic E-state index is 0.0770. The molecule has 0 saturated carbocycles. The second kappa shape index (κ2) is 9.09. The number of hydrogen-bond donors (Lipinski definition) is 2. The Bertz CT molecular complexity index is 1080. The highest BCUT2D eigenvalue weighted by Gasteiger charge is 2.21. The van der Waals surface area contributed by atoms with Gasteiger partial charge in [0.1, 0.15) is 11.0 Å². The smallest absolute Gasteiger partial charge is 0.256 e. The first kappa shape index (κ1) is 21.5. The Labute approximate surface area is 179 Å². The number of nitrogens with zero attached hydrogens (tertiary/aromatic N) is 2. The van der Waals surface area contributed by atoms with Crippen molar-refractivity contribution in [3.05, 3.63) is 76.3 Å². The van der Waals surface area contributed by atoms with E-state index in [-0.39, 0.29) is 40.8 Å². The molecule has 3 rings (SSSR count). The molecule has 0 fully saturated rings. The van der Waals surface area contributed by atoms with Gasteiger partial charge in [-0.2, -0.15) is 5.10 Å². The lowest BCUT2D eigenvalue weighted by molar-refractivity contribution is -0.118. The van der Waals surface area contributed by atoms with Gasteiger partial charge in [-0.25, -0.2) is 9.07 Å². The number of aromatic nitrogens is 2. The van der Waals surface area contributed by atoms with Crippen molar-refractivity contribution in [2.45, 2.75) is 27.3 Å². The fourth-order valence-electron chi connectivity index (χ4n) is 2.83. The predicted molar refractivity (Wildman–Crippen MR) is 114 cm³/mol. The van der Waals surface area contributed by atoms with Crippen LogP contribution in [0.25, 0.3) is 5.69 Å². The highest BCUT2D eigenvalue weighted by Crippen LogP contribution is 2.24. The molecular formula is C22H22ClFN4O2. The van der Waals surface area contributed by atoms with Gasteiger partial charge in [0.15, 0.2) is 0 Å². The number of hydrogen-bond acceptors (Lipinski definition) is 3. The first-order chi connectivity index (χ1) is 14.3. The molecule has 156 valence electrons. The summed E-state index contributed by atoms with van der Waals surface area (Å²) in [5.74, 6) is -0.950. The van der Waals surface area contributed by atoms with Crippen LogP contribution in [0.4, 0.5) is 10.1 Å². The molecule has 2 N–H and O–H groups in total. The highest BCUT2D eigenvalue weighted by atomic mass is 35.5. The SMILES string of the molecule is Cc1nn(-c2ccc(F)cc2)c(Cl)c1C(=O)NCc1cccc(NC(=O)C(C)C)c1. The van der Waals surface area contributed by atoms with Crippen LogP contribution in [0.15, 0.2) is 48.5 Å². The first-order valence-corrected chi connectivity index (χ1v) is 9.83. The van der Waals surface area contributed by atoms with Crippen LogP contribution in [-0.2, 0) is 11.3 Å². The Balaban J connectivity index is 1.73. The van der Waals surface area contributed by atoms with E-state index in [0.29, 0.717) is 17.1 Å². The van der Waals surface area contributed by atoms with E-state index in [1.165, 1.54) is 28.9 Å². The average molecular weight is 429 g/mol. The van der Waals surface area contributed by atoms with E-state index in [4.69, 9.17) is 11.6 Å². The maximum absolute atomic E-state index is 13.2. The summed E-state index contributed by atoms with van der Waals surface area (Å²) in [6.07, 6.45) is 0. The van der Waals surface area contributed by atoms with Crippen LogP contribution in [-0.4, -0.2) is 21.6 Å². The molecule has 1 heterocycles. The van der Waals surface area contributed by atoms with Crippen molar-refractivity contribution >= 4 is 29.1 Å². The molecule has 2 amide bonds. The third-order valence-electron chi connectivity index (χ3n) is 4.47. The number of carbonyl (C=O) groups excluding carboxylic acids is 2. The van der Waals surface area contributed by atoms with Crippen molar-refractivity contribution in [1.82, 2.24) is 15.1 Å². The van der Waals surface area contributed by atoms with Gasteiger partial charge < -0.3 is 10.6 Å². The number of halogens is 2. The molecule has 30 heavy (non-hydrogen) atoms. The van der Waals surface area contributed by atoms with Crippen molar-refractivity contribution in [3.8, 4) is 5.69 Å². The molecule has 0 spiro atoms. The Morgan fingerprint density at radius 1 is 1.17 bits per heavy atom. The summed E-state index contributed by atoms with van der Waals surface area (Å²) >= 11 is 6.39. The van der Waals surface area contributed by atoms with Crippen LogP contribution in [0.3, 0.4) is 0 Å². The van der Waals surface area contributed by atoms with Crippen LogP contribution < -0.4 is 10.6 Å². The molecule has 0 aliphatic heterocycles. The first-order valence-electron chi connectivity index (χ1n) is 9.45. The van der Waals surface area contributed by atoms with Gasteiger partial charge in [-0.3, -0.25) is 9.59 Å². The zero-order valence-corrected chi connectivity index (χ0v) is 17.6. The lowest BCUT2D eigenvalue weighted by Crippen LogP contribution is -2.23. The normalized spacial score (nSPS) is 10.9. The van der Waals surface area contributed by atoms with Crippen LogP contribution in [0.5, 0.6) is 0 Å². The van der Waals surface area contributed by atoms with Crippen molar-refractivity contribution in [2.24, 2.45) is 5.92 Å². The fourth-order valence-corrected chi connectivity index (χ4v) is 3.18. The maximum Gasteiger partial charge on any atom is 0.256 e. The van der Waals surface area contributed by atoms with E-state index in [9.17, 15) is 14.0 Å². The minimum Gasteiger partial charge on any atom is -0.348 e. The number of rotatable bonds is 6. The average Bonchev–Trinajstić information content (AvgIpc) is 3.01. The number of carbonyl (C=O) groups is 2. The van der Waals surface area contributed by atoms with Crippen molar-refractivity contribution < 1.29 is 14.0 Å². The zero-order valence-electron chi connectivity index (χ0n) is 16.9. The quantitative estimate of drug-likeness (QED) is 0.607. The minimum atomic E-state index is -0.373. The third-order valence-corrected chi connectivity index (χ3v) is 4.82. The zero-order chi connectivity index (χ0) is 21.8. The van der Waals surface area contributed by atoms with Crippen molar-refractivity contribution in [2.75, 3.05) is 5.32 Å². The number of benzene rings is 2. The molecule has 0 aliphatic carbocycles. The topological polar surface area (TPSA) is 76.0 Å². The molecule has 0 bridgehead atoms. The molecule has 1 aromatic heterocycles. The number of aryl methyl sites for hydroxylation is 1. The summed E-state index contributed by atoms with van der Waals surface area (Å²) in [6, 6.07) is 12.9. The van der Waals surface area contributed by atoms with Gasteiger partial charge >= 0.3 is 0 Å². The molecular weight excluding hydrogens is 407 g/mol. The summed E-state index contributed by atoms with van der Waals surface area (Å²) in [4.78, 5) is 24.6. The van der Waals surface area contributed by atoms with E-state index >= 15 is 0 Å². The van der Waals surface area contributed by atoms with E-state index in [1.807, 2.05) is 26.0 Å². The summed E-state index contributed by atoms with van der Waals surface area (Å²) in [5.41, 5.74) is 2.76. The van der Waals surface area contributed by atoms with Gasteiger partial charge in [-0.1, -0.05) is 37.6 Å². The fraction of sp³-hybridized carbons (Fsp3) is 0.227. The molecule has 2 aromatic carbocycles. The standard InChI is InChI=1S/C22H22ClFN4O2/c1-13(2)21(29)26-17-6-4-5-15(11-17)12-25-22(30)19-14(3)27-28(20(19)23)18-9-7-16(24)8-10-18/h4-11,13H,12H2,1-3H3,(H,25,30)(H,26,29). The summed E-state index contributed by atoms with van der Waals surface area (Å²) in [6.45, 7) is 5.57. The Morgan fingerprint density at radius 3 is 2.53 bits per heavy atom. The van der Waals surface area contributed by atoms with Gasteiger partial charge in [0.25, 0.3) is 5.91 Å². The lowest BCUT2D eigenvalue weighted by atomic mass is 10.1. The second-order valence-electron chi connectivity index (χ2n) is 7.17. The van der Waals surface area contributed by atoms with Crippen LogP contribution in [0.1, 0.15) is 35.5 Å². The molecule has 0 saturated heterocycles. The monoisotopic (exact) mass is 428 g/mol. The molecule has 0 unspecified atom stereocenters. The second-order valence-corrected chi connectivity index (χ2v) is 7.52. The molecule has 0 aliphatic rings. The van der Waals surface area contributed by atoms with Crippen LogP contribution >= 0.6 is 11.6 Å². The van der Waals surface area contributed by atoms with Gasteiger partial charge in [0.05, 0.1) is 16.9 Å². The van der Waals surface area contributed by atoms with E-state index in [0.717, 1.165) is 5.56 Å². The molecule has 0 radical (unpaired) electrons. The van der Waals surface area contributed by atoms with Gasteiger partial charge in [0, 0.05) is 18.2 Å². The van der Waals surface area contributed by atoms with Crippen molar-refractivity contribution in [3.63, 3.8) is 0 Å². The Morgan fingerprint density at radius 2 is 1.87 bits per heavy atom. The maximum atomic E-state index is 13.2. The van der Waals surface area contributed by atoms with Crippen LogP contribution in [0.2, 0.25) is 5.15 Å². The summed E-state index contributed by atoms with van der Waals surface area (Å²) in [7, 11) is 0. The van der Waals surface area contributed by atoms with Crippen molar-refractivity contribution in [1.29, 1.82) is 0 Å². The van der Waals surface area contributed by atoms with E-state index in [1.54, 1.807) is 19.1 Å². The van der Waals surface area contributed by atoms with Gasteiger partial charge in [-0.05, 0) is 48.9 Å². The summed E-state index contributed by atoms with van der Waals surface area (Å²) in [5, 5.41) is 10.1. The Kier molecular flexibility index (Phi) is 6.52. The summed E-state index contributed by atoms with van der Waals surface area (Å²) < 4.78 is 14.6.